The minimum atomic E-state index is -0.436. The molecule has 1 aliphatic heterocycles. The number of hydrogen-bond donors (Lipinski definition) is 3. The van der Waals surface area contributed by atoms with Crippen molar-refractivity contribution < 1.29 is 14.5 Å². The lowest BCUT2D eigenvalue weighted by Crippen LogP contribution is -2.47. The molecule has 0 spiro atoms. The molecule has 0 radical (unpaired) electrons. The van der Waals surface area contributed by atoms with E-state index in [1.807, 2.05) is 0 Å². The van der Waals surface area contributed by atoms with Crippen LogP contribution in [-0.4, -0.2) is 50.7 Å². The monoisotopic (exact) mass is 386 g/mol. The summed E-state index contributed by atoms with van der Waals surface area (Å²) < 4.78 is 5.34. The number of methoxy groups -OCH3 is 1. The van der Waals surface area contributed by atoms with Crippen molar-refractivity contribution in [2.24, 2.45) is 5.41 Å². The molecule has 0 bridgehead atoms. The van der Waals surface area contributed by atoms with E-state index in [4.69, 9.17) is 4.74 Å². The number of hydrogen-bond acceptors (Lipinski definition) is 6. The standard InChI is InChI=1S/C17H26N4O4.ClH/c1-25-13-17(7-10-18-11-8-17)12-20-16(22)6-9-19-14-4-2-3-5-15(14)21(23)24;/h2-5,18-19H,6-13H2,1H3,(H,20,22);1H. The van der Waals surface area contributed by atoms with Crippen LogP contribution >= 0.6 is 12.4 Å². The van der Waals surface area contributed by atoms with E-state index in [9.17, 15) is 14.9 Å². The van der Waals surface area contributed by atoms with Crippen LogP contribution in [0, 0.1) is 15.5 Å². The Balaban J connectivity index is 0.00000338. The zero-order chi connectivity index (χ0) is 18.1. The fraction of sp³-hybridized carbons (Fsp3) is 0.588. The third kappa shape index (κ3) is 6.44. The number of ether oxygens (including phenoxy) is 1. The van der Waals surface area contributed by atoms with Gasteiger partial charge in [-0.2, -0.15) is 0 Å². The number of halogens is 1. The summed E-state index contributed by atoms with van der Waals surface area (Å²) in [7, 11) is 1.68. The number of carbonyl (C=O) groups is 1. The van der Waals surface area contributed by atoms with Crippen molar-refractivity contribution in [2.75, 3.05) is 45.2 Å². The Kier molecular flexibility index (Phi) is 9.32. The van der Waals surface area contributed by atoms with Gasteiger partial charge in [0.1, 0.15) is 5.69 Å². The predicted octanol–water partition coefficient (Wildman–Crippen LogP) is 1.95. The molecule has 1 aliphatic rings. The number of nitrogens with one attached hydrogen (secondary N) is 3. The molecule has 0 aromatic heterocycles. The van der Waals surface area contributed by atoms with Gasteiger partial charge in [-0.05, 0) is 32.0 Å². The number of nitro benzene ring substituents is 1. The van der Waals surface area contributed by atoms with Gasteiger partial charge in [-0.25, -0.2) is 0 Å². The van der Waals surface area contributed by atoms with Crippen LogP contribution in [0.5, 0.6) is 0 Å². The highest BCUT2D eigenvalue weighted by Crippen LogP contribution is 2.28. The molecule has 0 saturated carbocycles. The van der Waals surface area contributed by atoms with Crippen molar-refractivity contribution in [1.29, 1.82) is 0 Å². The van der Waals surface area contributed by atoms with E-state index in [-0.39, 0.29) is 35.8 Å². The third-order valence-electron chi connectivity index (χ3n) is 4.54. The highest BCUT2D eigenvalue weighted by atomic mass is 35.5. The maximum absolute atomic E-state index is 12.1. The highest BCUT2D eigenvalue weighted by Gasteiger charge is 2.32. The fourth-order valence-corrected chi connectivity index (χ4v) is 3.10. The Morgan fingerprint density at radius 2 is 2.04 bits per heavy atom. The van der Waals surface area contributed by atoms with E-state index >= 15 is 0 Å². The molecule has 0 atom stereocenters. The quantitative estimate of drug-likeness (QED) is 0.442. The Hall–Kier alpha value is -1.90. The molecule has 1 fully saturated rings. The summed E-state index contributed by atoms with van der Waals surface area (Å²) in [5.74, 6) is -0.0694. The minimum absolute atomic E-state index is 0. The Morgan fingerprint density at radius 3 is 2.69 bits per heavy atom. The molecule has 0 aliphatic carbocycles. The lowest BCUT2D eigenvalue weighted by Gasteiger charge is -2.37. The van der Waals surface area contributed by atoms with Gasteiger partial charge in [0.15, 0.2) is 0 Å². The minimum Gasteiger partial charge on any atom is -0.384 e. The second-order valence-electron chi connectivity index (χ2n) is 6.41. The van der Waals surface area contributed by atoms with Crippen LogP contribution in [0.4, 0.5) is 11.4 Å². The van der Waals surface area contributed by atoms with Crippen molar-refractivity contribution in [3.05, 3.63) is 34.4 Å². The van der Waals surface area contributed by atoms with Gasteiger partial charge in [0.2, 0.25) is 5.91 Å². The molecule has 2 rings (SSSR count). The van der Waals surface area contributed by atoms with E-state index in [0.717, 1.165) is 25.9 Å². The fourth-order valence-electron chi connectivity index (χ4n) is 3.10. The first kappa shape index (κ1) is 22.1. The molecule has 9 heteroatoms. The number of carbonyl (C=O) groups excluding carboxylic acids is 1. The molecule has 1 aromatic rings. The number of nitro groups is 1. The maximum Gasteiger partial charge on any atom is 0.292 e. The summed E-state index contributed by atoms with van der Waals surface area (Å²) in [5.41, 5.74) is 0.424. The molecular weight excluding hydrogens is 360 g/mol. The van der Waals surface area contributed by atoms with Crippen LogP contribution in [0.3, 0.4) is 0 Å². The van der Waals surface area contributed by atoms with Crippen molar-refractivity contribution in [2.45, 2.75) is 19.3 Å². The van der Waals surface area contributed by atoms with Gasteiger partial charge in [-0.3, -0.25) is 14.9 Å². The molecule has 146 valence electrons. The summed E-state index contributed by atoms with van der Waals surface area (Å²) in [5, 5.41) is 20.2. The number of rotatable bonds is 9. The molecule has 0 unspecified atom stereocenters. The number of nitrogens with zero attached hydrogens (tertiary/aromatic N) is 1. The highest BCUT2D eigenvalue weighted by molar-refractivity contribution is 5.85. The molecule has 26 heavy (non-hydrogen) atoms. The zero-order valence-corrected chi connectivity index (χ0v) is 15.8. The lowest BCUT2D eigenvalue weighted by molar-refractivity contribution is -0.384. The number of benzene rings is 1. The van der Waals surface area contributed by atoms with Crippen molar-refractivity contribution in [3.63, 3.8) is 0 Å². The second kappa shape index (κ2) is 10.9. The first-order valence-corrected chi connectivity index (χ1v) is 8.50. The van der Waals surface area contributed by atoms with Gasteiger partial charge in [0.05, 0.1) is 11.5 Å². The predicted molar refractivity (Wildman–Crippen MR) is 103 cm³/mol. The third-order valence-corrected chi connectivity index (χ3v) is 4.54. The van der Waals surface area contributed by atoms with E-state index < -0.39 is 4.92 Å². The summed E-state index contributed by atoms with van der Waals surface area (Å²) in [6.07, 6.45) is 2.19. The topological polar surface area (TPSA) is 106 Å². The molecular formula is C17H27ClN4O4. The summed E-state index contributed by atoms with van der Waals surface area (Å²) in [4.78, 5) is 22.6. The summed E-state index contributed by atoms with van der Waals surface area (Å²) >= 11 is 0. The van der Waals surface area contributed by atoms with Crippen LogP contribution in [-0.2, 0) is 9.53 Å². The maximum atomic E-state index is 12.1. The SMILES string of the molecule is COCC1(CNC(=O)CCNc2ccccc2[N+](=O)[O-])CCNCC1.Cl. The summed E-state index contributed by atoms with van der Waals surface area (Å²) in [6.45, 7) is 3.42. The molecule has 1 aromatic carbocycles. The summed E-state index contributed by atoms with van der Waals surface area (Å²) in [6, 6.07) is 6.41. The normalized spacial score (nSPS) is 15.6. The van der Waals surface area contributed by atoms with Gasteiger partial charge in [0.25, 0.3) is 5.69 Å². The van der Waals surface area contributed by atoms with E-state index in [1.165, 1.54) is 6.07 Å². The van der Waals surface area contributed by atoms with Crippen molar-refractivity contribution in [1.82, 2.24) is 10.6 Å². The zero-order valence-electron chi connectivity index (χ0n) is 15.0. The van der Waals surface area contributed by atoms with Gasteiger partial charge in [-0.15, -0.1) is 12.4 Å². The van der Waals surface area contributed by atoms with Gasteiger partial charge >= 0.3 is 0 Å². The molecule has 1 saturated heterocycles. The second-order valence-corrected chi connectivity index (χ2v) is 6.41. The number of amides is 1. The smallest absolute Gasteiger partial charge is 0.292 e. The van der Waals surface area contributed by atoms with Crippen molar-refractivity contribution >= 4 is 29.7 Å². The van der Waals surface area contributed by atoms with Crippen LogP contribution in [0.1, 0.15) is 19.3 Å². The lowest BCUT2D eigenvalue weighted by atomic mass is 9.79. The van der Waals surface area contributed by atoms with Gasteiger partial charge in [0, 0.05) is 38.1 Å². The Bertz CT molecular complexity index is 588. The van der Waals surface area contributed by atoms with Crippen LogP contribution in [0.15, 0.2) is 24.3 Å². The number of para-hydroxylation sites is 2. The van der Waals surface area contributed by atoms with Crippen LogP contribution in [0.25, 0.3) is 0 Å². The molecule has 1 amide bonds. The average Bonchev–Trinajstić information content (AvgIpc) is 2.61. The Labute approximate surface area is 159 Å². The van der Waals surface area contributed by atoms with Crippen LogP contribution in [0.2, 0.25) is 0 Å². The Morgan fingerprint density at radius 1 is 1.35 bits per heavy atom. The molecule has 1 heterocycles. The molecule has 8 nitrogen and oxygen atoms in total. The van der Waals surface area contributed by atoms with Gasteiger partial charge in [-0.1, -0.05) is 12.1 Å². The first-order valence-electron chi connectivity index (χ1n) is 8.50. The van der Waals surface area contributed by atoms with E-state index in [2.05, 4.69) is 16.0 Å². The largest absolute Gasteiger partial charge is 0.384 e. The van der Waals surface area contributed by atoms with Crippen LogP contribution < -0.4 is 16.0 Å². The first-order chi connectivity index (χ1) is 12.1. The average molecular weight is 387 g/mol. The van der Waals surface area contributed by atoms with Gasteiger partial charge < -0.3 is 20.7 Å². The molecule has 3 N–H and O–H groups in total. The number of anilines is 1. The van der Waals surface area contributed by atoms with E-state index in [0.29, 0.717) is 25.4 Å². The van der Waals surface area contributed by atoms with E-state index in [1.54, 1.807) is 25.3 Å². The van der Waals surface area contributed by atoms with Crippen molar-refractivity contribution in [3.8, 4) is 0 Å². The number of piperidine rings is 1.